The zero-order chi connectivity index (χ0) is 22.4. The number of imidazole rings is 1. The summed E-state index contributed by atoms with van der Waals surface area (Å²) in [5.41, 5.74) is 1.14. The van der Waals surface area contributed by atoms with Crippen molar-refractivity contribution < 1.29 is 18.4 Å². The molecule has 0 atom stereocenters. The Morgan fingerprint density at radius 3 is 2.39 bits per heavy atom. The third-order valence-corrected chi connectivity index (χ3v) is 5.05. The zero-order valence-corrected chi connectivity index (χ0v) is 17.7. The van der Waals surface area contributed by atoms with E-state index in [4.69, 9.17) is 0 Å². The molecule has 168 valence electrons. The number of aromatic nitrogens is 2. The Hall–Kier alpha value is -3.01. The van der Waals surface area contributed by atoms with E-state index in [1.54, 1.807) is 29.2 Å². The van der Waals surface area contributed by atoms with Crippen LogP contribution in [0.1, 0.15) is 36.6 Å². The number of piperazine rings is 1. The number of carbonyl (C=O) groups is 2. The van der Waals surface area contributed by atoms with Crippen LogP contribution in [0.4, 0.5) is 19.3 Å². The van der Waals surface area contributed by atoms with Gasteiger partial charge in [-0.25, -0.2) is 9.78 Å². The highest BCUT2D eigenvalue weighted by Gasteiger charge is 2.23. The Labute approximate surface area is 180 Å². The van der Waals surface area contributed by atoms with Crippen molar-refractivity contribution in [3.8, 4) is 0 Å². The molecule has 1 aromatic carbocycles. The van der Waals surface area contributed by atoms with Crippen molar-refractivity contribution in [1.29, 1.82) is 0 Å². The Morgan fingerprint density at radius 1 is 1.10 bits per heavy atom. The average Bonchev–Trinajstić information content (AvgIpc) is 3.21. The number of benzene rings is 1. The third kappa shape index (κ3) is 6.24. The van der Waals surface area contributed by atoms with Crippen molar-refractivity contribution in [2.24, 2.45) is 5.92 Å². The molecule has 3 amide bonds. The average molecular weight is 434 g/mol. The predicted octanol–water partition coefficient (Wildman–Crippen LogP) is 3.01. The predicted molar refractivity (Wildman–Crippen MR) is 113 cm³/mol. The highest BCUT2D eigenvalue weighted by molar-refractivity contribution is 5.95. The van der Waals surface area contributed by atoms with Crippen LogP contribution in [0.2, 0.25) is 0 Å². The van der Waals surface area contributed by atoms with Gasteiger partial charge in [-0.1, -0.05) is 13.8 Å². The number of carbonyl (C=O) groups excluding carboxylic acids is 2. The van der Waals surface area contributed by atoms with Gasteiger partial charge in [-0.05, 0) is 30.2 Å². The monoisotopic (exact) mass is 434 g/mol. The Bertz CT molecular complexity index is 876. The van der Waals surface area contributed by atoms with E-state index >= 15 is 0 Å². The van der Waals surface area contributed by atoms with Crippen molar-refractivity contribution in [3.63, 3.8) is 0 Å². The summed E-state index contributed by atoms with van der Waals surface area (Å²) in [5, 5.41) is 5.69. The maximum Gasteiger partial charge on any atom is 0.321 e. The molecule has 1 fully saturated rings. The molecule has 1 aliphatic rings. The minimum Gasteiger partial charge on any atom is -0.352 e. The lowest BCUT2D eigenvalue weighted by Gasteiger charge is -2.34. The summed E-state index contributed by atoms with van der Waals surface area (Å²) in [6.07, 6.45) is 2.63. The normalized spacial score (nSPS) is 14.8. The molecule has 2 N–H and O–H groups in total. The van der Waals surface area contributed by atoms with Gasteiger partial charge < -0.3 is 15.5 Å². The summed E-state index contributed by atoms with van der Waals surface area (Å²) in [6.45, 7) is 4.45. The number of hydrogen-bond donors (Lipinski definition) is 2. The number of nitrogens with zero attached hydrogens (tertiary/aromatic N) is 4. The summed E-state index contributed by atoms with van der Waals surface area (Å²) >= 11 is 0. The molecule has 0 aliphatic carbocycles. The van der Waals surface area contributed by atoms with E-state index in [0.29, 0.717) is 62.3 Å². The van der Waals surface area contributed by atoms with Crippen molar-refractivity contribution in [3.05, 3.63) is 48.0 Å². The molecule has 0 bridgehead atoms. The molecule has 10 heteroatoms. The lowest BCUT2D eigenvalue weighted by molar-refractivity contribution is 0.0620. The van der Waals surface area contributed by atoms with Gasteiger partial charge in [0.25, 0.3) is 5.91 Å². The Balaban J connectivity index is 1.46. The van der Waals surface area contributed by atoms with E-state index < -0.39 is 6.55 Å². The molecule has 1 saturated heterocycles. The van der Waals surface area contributed by atoms with E-state index in [2.05, 4.69) is 15.6 Å². The van der Waals surface area contributed by atoms with Crippen LogP contribution >= 0.6 is 0 Å². The van der Waals surface area contributed by atoms with Gasteiger partial charge in [-0.3, -0.25) is 14.3 Å². The van der Waals surface area contributed by atoms with Crippen molar-refractivity contribution in [1.82, 2.24) is 24.7 Å². The van der Waals surface area contributed by atoms with Gasteiger partial charge >= 0.3 is 12.6 Å². The number of halogens is 2. The molecule has 0 unspecified atom stereocenters. The Kier molecular flexibility index (Phi) is 7.56. The first-order chi connectivity index (χ1) is 14.8. The molecule has 2 heterocycles. The largest absolute Gasteiger partial charge is 0.352 e. The lowest BCUT2D eigenvalue weighted by atomic mass is 10.1. The molecular formula is C21H28F2N6O2. The van der Waals surface area contributed by atoms with Crippen molar-refractivity contribution in [2.45, 2.75) is 26.9 Å². The highest BCUT2D eigenvalue weighted by atomic mass is 19.3. The van der Waals surface area contributed by atoms with Crippen LogP contribution in [0, 0.1) is 5.92 Å². The first kappa shape index (κ1) is 22.7. The molecule has 31 heavy (non-hydrogen) atoms. The van der Waals surface area contributed by atoms with E-state index in [0.717, 1.165) is 4.57 Å². The molecule has 8 nitrogen and oxygen atoms in total. The van der Waals surface area contributed by atoms with Gasteiger partial charge in [0, 0.05) is 56.4 Å². The summed E-state index contributed by atoms with van der Waals surface area (Å²) in [7, 11) is 0. The van der Waals surface area contributed by atoms with E-state index in [-0.39, 0.29) is 11.9 Å². The van der Waals surface area contributed by atoms with Gasteiger partial charge in [-0.2, -0.15) is 8.78 Å². The minimum atomic E-state index is -2.61. The molecule has 1 aromatic heterocycles. The van der Waals surface area contributed by atoms with E-state index in [1.807, 2.05) is 18.7 Å². The number of rotatable bonds is 7. The zero-order valence-electron chi connectivity index (χ0n) is 17.7. The van der Waals surface area contributed by atoms with Gasteiger partial charge in [0.2, 0.25) is 0 Å². The number of nitrogens with one attached hydrogen (secondary N) is 2. The first-order valence-electron chi connectivity index (χ1n) is 10.3. The van der Waals surface area contributed by atoms with Crippen LogP contribution in [0.3, 0.4) is 0 Å². The van der Waals surface area contributed by atoms with Crippen molar-refractivity contribution in [2.75, 3.05) is 38.0 Å². The van der Waals surface area contributed by atoms with Crippen LogP contribution < -0.4 is 10.6 Å². The topological polar surface area (TPSA) is 82.5 Å². The van der Waals surface area contributed by atoms with E-state index in [1.165, 1.54) is 12.4 Å². The highest BCUT2D eigenvalue weighted by Crippen LogP contribution is 2.16. The second-order valence-corrected chi connectivity index (χ2v) is 7.90. The van der Waals surface area contributed by atoms with Crippen molar-refractivity contribution >= 4 is 17.6 Å². The summed E-state index contributed by atoms with van der Waals surface area (Å²) < 4.78 is 26.8. The second kappa shape index (κ2) is 10.3. The van der Waals surface area contributed by atoms with Gasteiger partial charge in [0.15, 0.2) is 0 Å². The van der Waals surface area contributed by atoms with Crippen LogP contribution in [-0.2, 0) is 6.54 Å². The standard InChI is InChI=1S/C21H28F2N6O2/c1-15(2)13-25-19(30)16-3-5-17(6-4-16)26-21(31)28-11-9-27(10-12-28)14-18-24-7-8-29(18)20(22)23/h3-8,15,20H,9-14H2,1-2H3,(H,25,30)(H,26,31). The fourth-order valence-electron chi connectivity index (χ4n) is 3.26. The van der Waals surface area contributed by atoms with E-state index in [9.17, 15) is 18.4 Å². The summed E-state index contributed by atoms with van der Waals surface area (Å²) in [5.74, 6) is 0.537. The first-order valence-corrected chi connectivity index (χ1v) is 10.3. The Morgan fingerprint density at radius 2 is 1.77 bits per heavy atom. The minimum absolute atomic E-state index is 0.143. The molecule has 1 aliphatic heterocycles. The molecule has 0 radical (unpaired) electrons. The maximum atomic E-state index is 13.0. The number of amides is 3. The third-order valence-electron chi connectivity index (χ3n) is 5.05. The maximum absolute atomic E-state index is 13.0. The molecular weight excluding hydrogens is 406 g/mol. The quantitative estimate of drug-likeness (QED) is 0.702. The van der Waals surface area contributed by atoms with Crippen LogP contribution in [-0.4, -0.2) is 64.0 Å². The number of urea groups is 1. The molecule has 3 rings (SSSR count). The SMILES string of the molecule is CC(C)CNC(=O)c1ccc(NC(=O)N2CCN(Cc3nccn3C(F)F)CC2)cc1. The number of alkyl halides is 2. The van der Waals surface area contributed by atoms with Crippen LogP contribution in [0.15, 0.2) is 36.7 Å². The number of hydrogen-bond acceptors (Lipinski definition) is 4. The summed E-state index contributed by atoms with van der Waals surface area (Å²) in [4.78, 5) is 32.3. The fourth-order valence-corrected chi connectivity index (χ4v) is 3.26. The molecule has 2 aromatic rings. The van der Waals surface area contributed by atoms with Gasteiger partial charge in [-0.15, -0.1) is 0 Å². The van der Waals surface area contributed by atoms with Gasteiger partial charge in [0.1, 0.15) is 5.82 Å². The molecule has 0 spiro atoms. The smallest absolute Gasteiger partial charge is 0.321 e. The van der Waals surface area contributed by atoms with Crippen LogP contribution in [0.5, 0.6) is 0 Å². The van der Waals surface area contributed by atoms with Crippen LogP contribution in [0.25, 0.3) is 0 Å². The number of anilines is 1. The molecule has 0 saturated carbocycles. The fraction of sp³-hybridized carbons (Fsp3) is 0.476. The summed E-state index contributed by atoms with van der Waals surface area (Å²) in [6, 6.07) is 6.51. The van der Waals surface area contributed by atoms with Gasteiger partial charge in [0.05, 0.1) is 6.54 Å². The lowest BCUT2D eigenvalue weighted by Crippen LogP contribution is -2.49. The second-order valence-electron chi connectivity index (χ2n) is 7.90.